The molecule has 2 aliphatic rings. The van der Waals surface area contributed by atoms with E-state index in [1.165, 1.54) is 44.0 Å². The number of ketones is 1. The number of benzene rings is 2. The van der Waals surface area contributed by atoms with Crippen LogP contribution in [0.3, 0.4) is 0 Å². The third-order valence-electron chi connectivity index (χ3n) is 8.08. The van der Waals surface area contributed by atoms with Crippen LogP contribution in [-0.2, 0) is 27.8 Å². The first-order valence-corrected chi connectivity index (χ1v) is 16.5. The number of hydrogen-bond donors (Lipinski definition) is 0. The molecule has 35 heavy (non-hydrogen) atoms. The van der Waals surface area contributed by atoms with E-state index < -0.39 is 21.3 Å². The van der Waals surface area contributed by atoms with Crippen molar-refractivity contribution in [2.75, 3.05) is 5.75 Å². The van der Waals surface area contributed by atoms with Crippen molar-refractivity contribution in [3.63, 3.8) is 0 Å². The molecule has 2 atom stereocenters. The Hall–Kier alpha value is -1.25. The van der Waals surface area contributed by atoms with Gasteiger partial charge >= 0.3 is 21.2 Å². The van der Waals surface area contributed by atoms with Crippen molar-refractivity contribution in [3.05, 3.63) is 66.8 Å². The lowest BCUT2D eigenvalue weighted by atomic mass is 9.70. The summed E-state index contributed by atoms with van der Waals surface area (Å²) in [4.78, 5) is 11.8. The molecule has 6 heteroatoms. The molecule has 0 aromatic heterocycles. The Kier molecular flexibility index (Phi) is 9.60. The molecule has 2 saturated carbocycles. The summed E-state index contributed by atoms with van der Waals surface area (Å²) in [6.07, 6.45) is 8.21. The SMILES string of the molecule is CC1(C)C2CCC1(CS(=O)(=O)[O-])C(=O)C2.CCCCCc1ccc([I+]c2ccc(CC)cc2)cc1. The normalized spacial score (nSPS) is 22.7. The van der Waals surface area contributed by atoms with Gasteiger partial charge in [-0.3, -0.25) is 4.79 Å². The highest BCUT2D eigenvalue weighted by Crippen LogP contribution is 2.64. The van der Waals surface area contributed by atoms with E-state index in [9.17, 15) is 17.8 Å². The molecule has 192 valence electrons. The van der Waals surface area contributed by atoms with Crippen LogP contribution in [0.5, 0.6) is 0 Å². The van der Waals surface area contributed by atoms with Gasteiger partial charge in [-0.1, -0.05) is 64.8 Å². The van der Waals surface area contributed by atoms with E-state index in [0.29, 0.717) is 12.8 Å². The zero-order valence-electron chi connectivity index (χ0n) is 21.5. The van der Waals surface area contributed by atoms with Gasteiger partial charge in [0.25, 0.3) is 0 Å². The van der Waals surface area contributed by atoms with Crippen molar-refractivity contribution >= 4 is 15.9 Å². The highest BCUT2D eigenvalue weighted by atomic mass is 127. The minimum Gasteiger partial charge on any atom is -0.748 e. The largest absolute Gasteiger partial charge is 0.748 e. The lowest BCUT2D eigenvalue weighted by Crippen LogP contribution is -3.61. The Morgan fingerprint density at radius 1 is 0.943 bits per heavy atom. The Morgan fingerprint density at radius 3 is 1.94 bits per heavy atom. The monoisotopic (exact) mass is 610 g/mol. The fourth-order valence-corrected chi connectivity index (χ4v) is 9.05. The van der Waals surface area contributed by atoms with Crippen LogP contribution in [0.25, 0.3) is 0 Å². The smallest absolute Gasteiger partial charge is 0.357 e. The fourth-order valence-electron chi connectivity index (χ4n) is 5.61. The lowest BCUT2D eigenvalue weighted by molar-refractivity contribution is -0.597. The van der Waals surface area contributed by atoms with Gasteiger partial charge in [0, 0.05) is 11.8 Å². The molecule has 0 spiro atoms. The second kappa shape index (κ2) is 11.9. The predicted molar refractivity (Wildman–Crippen MR) is 136 cm³/mol. The minimum absolute atomic E-state index is 0.0190. The van der Waals surface area contributed by atoms with Gasteiger partial charge in [-0.05, 0) is 78.8 Å². The van der Waals surface area contributed by atoms with Gasteiger partial charge in [-0.15, -0.1) is 0 Å². The fraction of sp³-hybridized carbons (Fsp3) is 0.552. The lowest BCUT2D eigenvalue weighted by Gasteiger charge is -2.37. The highest BCUT2D eigenvalue weighted by Gasteiger charge is 2.64. The van der Waals surface area contributed by atoms with Crippen LogP contribution in [0, 0.1) is 23.9 Å². The standard InChI is InChI=1S/C19H24I.C10H16O4S/c1-3-5-6-7-17-10-14-19(15-11-17)20-18-12-8-16(4-2)9-13-18;1-9(2)7-3-4-10(9,8(11)5-7)6-15(12,13)14/h8-15H,3-7H2,1-2H3;7H,3-6H2,1-2H3,(H,12,13,14)/q+1;/p-1. The predicted octanol–water partition coefficient (Wildman–Crippen LogP) is 3.04. The maximum atomic E-state index is 11.8. The van der Waals surface area contributed by atoms with Crippen LogP contribution in [0.15, 0.2) is 48.5 Å². The van der Waals surface area contributed by atoms with Gasteiger partial charge in [0.1, 0.15) is 5.78 Å². The van der Waals surface area contributed by atoms with E-state index in [-0.39, 0.29) is 38.3 Å². The Labute approximate surface area is 222 Å². The summed E-state index contributed by atoms with van der Waals surface area (Å²) in [5.41, 5.74) is 1.70. The molecular formula is C29H39IO4S. The number of carbonyl (C=O) groups excluding carboxylic acids is 1. The molecule has 2 aromatic rings. The van der Waals surface area contributed by atoms with Gasteiger partial charge in [0.2, 0.25) is 0 Å². The summed E-state index contributed by atoms with van der Waals surface area (Å²) in [6.45, 7) is 8.31. The topological polar surface area (TPSA) is 74.3 Å². The summed E-state index contributed by atoms with van der Waals surface area (Å²) in [5.74, 6) is -0.280. The minimum atomic E-state index is -4.33. The van der Waals surface area contributed by atoms with Crippen LogP contribution < -0.4 is 21.2 Å². The molecule has 4 nitrogen and oxygen atoms in total. The zero-order valence-corrected chi connectivity index (χ0v) is 24.5. The number of unbranched alkanes of at least 4 members (excludes halogenated alkanes) is 2. The molecule has 0 N–H and O–H groups in total. The van der Waals surface area contributed by atoms with Gasteiger partial charge in [0.05, 0.1) is 15.9 Å². The molecule has 0 aliphatic heterocycles. The number of fused-ring (bicyclic) bond motifs is 2. The molecule has 4 rings (SSSR count). The first kappa shape index (κ1) is 28.3. The van der Waals surface area contributed by atoms with Crippen molar-refractivity contribution in [3.8, 4) is 0 Å². The van der Waals surface area contributed by atoms with E-state index in [2.05, 4.69) is 62.4 Å². The van der Waals surface area contributed by atoms with E-state index in [0.717, 1.165) is 12.8 Å². The third-order valence-corrected chi connectivity index (χ3v) is 11.6. The van der Waals surface area contributed by atoms with Crippen LogP contribution >= 0.6 is 0 Å². The second-order valence-electron chi connectivity index (χ2n) is 10.5. The summed E-state index contributed by atoms with van der Waals surface area (Å²) in [7, 11) is -4.33. The van der Waals surface area contributed by atoms with Gasteiger partial charge in [0.15, 0.2) is 7.14 Å². The Balaban J connectivity index is 0.000000203. The molecule has 2 unspecified atom stereocenters. The summed E-state index contributed by atoms with van der Waals surface area (Å²) in [6, 6.07) is 18.5. The zero-order chi connectivity index (χ0) is 25.7. The molecule has 0 amide bonds. The maximum Gasteiger partial charge on any atom is 0.357 e. The van der Waals surface area contributed by atoms with Crippen LogP contribution in [-0.4, -0.2) is 24.5 Å². The number of rotatable bonds is 9. The van der Waals surface area contributed by atoms with E-state index in [1.807, 2.05) is 13.8 Å². The summed E-state index contributed by atoms with van der Waals surface area (Å²) < 4.78 is 35.7. The first-order valence-electron chi connectivity index (χ1n) is 12.8. The number of carbonyl (C=O) groups is 1. The van der Waals surface area contributed by atoms with Crippen molar-refractivity contribution in [1.29, 1.82) is 0 Å². The average Bonchev–Trinajstić information content (AvgIpc) is 3.15. The van der Waals surface area contributed by atoms with Gasteiger partial charge in [-0.25, -0.2) is 8.42 Å². The molecule has 2 bridgehead atoms. The van der Waals surface area contributed by atoms with Crippen LogP contribution in [0.2, 0.25) is 0 Å². The third kappa shape index (κ3) is 6.95. The number of halogens is 1. The van der Waals surface area contributed by atoms with Crippen LogP contribution in [0.1, 0.15) is 77.3 Å². The van der Waals surface area contributed by atoms with Crippen molar-refractivity contribution in [2.24, 2.45) is 16.7 Å². The number of hydrogen-bond acceptors (Lipinski definition) is 4. The van der Waals surface area contributed by atoms with Gasteiger partial charge < -0.3 is 4.55 Å². The molecule has 0 heterocycles. The van der Waals surface area contributed by atoms with E-state index in [1.54, 1.807) is 0 Å². The number of aryl methyl sites for hydroxylation is 2. The highest BCUT2D eigenvalue weighted by molar-refractivity contribution is 7.85. The number of Topliss-reactive ketones (excluding diaryl/α,β-unsaturated/α-hetero) is 1. The van der Waals surface area contributed by atoms with Crippen LogP contribution in [0.4, 0.5) is 0 Å². The molecule has 0 radical (unpaired) electrons. The molecule has 2 aliphatic carbocycles. The average molecular weight is 611 g/mol. The Morgan fingerprint density at radius 2 is 1.51 bits per heavy atom. The van der Waals surface area contributed by atoms with Gasteiger partial charge in [-0.2, -0.15) is 0 Å². The van der Waals surface area contributed by atoms with Crippen molar-refractivity contribution < 1.29 is 39.0 Å². The van der Waals surface area contributed by atoms with Crippen molar-refractivity contribution in [2.45, 2.75) is 79.1 Å². The van der Waals surface area contributed by atoms with E-state index >= 15 is 0 Å². The van der Waals surface area contributed by atoms with Crippen molar-refractivity contribution in [1.82, 2.24) is 0 Å². The van der Waals surface area contributed by atoms with E-state index in [4.69, 9.17) is 0 Å². The molecule has 0 saturated heterocycles. The summed E-state index contributed by atoms with van der Waals surface area (Å²) >= 11 is -0.0190. The first-order chi connectivity index (χ1) is 16.5. The molecule has 2 aromatic carbocycles. The maximum absolute atomic E-state index is 11.8. The summed E-state index contributed by atoms with van der Waals surface area (Å²) in [5, 5.41) is 0. The quantitative estimate of drug-likeness (QED) is 0.249. The molecular weight excluding hydrogens is 571 g/mol. The molecule has 2 fully saturated rings. The second-order valence-corrected chi connectivity index (χ2v) is 15.0. The Bertz CT molecular complexity index is 1090.